The molecule has 21 heavy (non-hydrogen) atoms. The maximum absolute atomic E-state index is 5.63. The molecule has 0 bridgehead atoms. The lowest BCUT2D eigenvalue weighted by atomic mass is 9.96. The molecule has 0 radical (unpaired) electrons. The van der Waals surface area contributed by atoms with E-state index in [0.717, 1.165) is 43.1 Å². The molecule has 120 valence electrons. The lowest BCUT2D eigenvalue weighted by molar-refractivity contribution is -0.00929. The molecule has 1 aromatic heterocycles. The highest BCUT2D eigenvalue weighted by molar-refractivity contribution is 5.29. The van der Waals surface area contributed by atoms with E-state index in [1.165, 1.54) is 5.56 Å². The Hall–Kier alpha value is -1.00. The van der Waals surface area contributed by atoms with Crippen LogP contribution in [0.3, 0.4) is 0 Å². The van der Waals surface area contributed by atoms with Gasteiger partial charge in [-0.1, -0.05) is 20.8 Å². The average molecular weight is 293 g/mol. The normalized spacial score (nSPS) is 15.8. The molecule has 0 saturated carbocycles. The van der Waals surface area contributed by atoms with E-state index in [1.54, 1.807) is 7.11 Å². The zero-order chi connectivity index (χ0) is 16.0. The van der Waals surface area contributed by atoms with Crippen LogP contribution in [0.2, 0.25) is 0 Å². The van der Waals surface area contributed by atoms with Crippen LogP contribution in [0.4, 0.5) is 0 Å². The van der Waals surface area contributed by atoms with E-state index in [-0.39, 0.29) is 0 Å². The highest BCUT2D eigenvalue weighted by atomic mass is 16.5. The zero-order valence-electron chi connectivity index (χ0n) is 14.7. The van der Waals surface area contributed by atoms with Crippen LogP contribution in [0.1, 0.15) is 69.2 Å². The Balaban J connectivity index is 3.05. The Morgan fingerprint density at radius 3 is 2.19 bits per heavy atom. The monoisotopic (exact) mass is 293 g/mol. The first-order chi connectivity index (χ1) is 9.89. The second kappa shape index (κ2) is 7.85. The van der Waals surface area contributed by atoms with Crippen LogP contribution in [-0.2, 0) is 10.3 Å². The maximum atomic E-state index is 5.63. The number of nitrogens with one attached hydrogen (secondary N) is 1. The van der Waals surface area contributed by atoms with Crippen molar-refractivity contribution in [2.75, 3.05) is 20.2 Å². The number of hydrogen-bond acceptors (Lipinski definition) is 4. The summed E-state index contributed by atoms with van der Waals surface area (Å²) in [7, 11) is 1.72. The number of methoxy groups -OCH3 is 1. The minimum Gasteiger partial charge on any atom is -0.371 e. The van der Waals surface area contributed by atoms with E-state index in [0.29, 0.717) is 5.92 Å². The molecule has 0 saturated heterocycles. The van der Waals surface area contributed by atoms with Crippen LogP contribution >= 0.6 is 0 Å². The van der Waals surface area contributed by atoms with Crippen molar-refractivity contribution < 1.29 is 4.74 Å². The molecule has 1 rings (SSSR count). The van der Waals surface area contributed by atoms with Crippen LogP contribution in [0, 0.1) is 13.8 Å². The number of aryl methyl sites for hydroxylation is 2. The first-order valence-electron chi connectivity index (χ1n) is 8.01. The summed E-state index contributed by atoms with van der Waals surface area (Å²) in [5, 5.41) is 3.47. The first-order valence-corrected chi connectivity index (χ1v) is 8.01. The van der Waals surface area contributed by atoms with Gasteiger partial charge in [0.15, 0.2) is 5.82 Å². The fourth-order valence-corrected chi connectivity index (χ4v) is 2.67. The minimum atomic E-state index is -0.405. The number of nitrogens with zero attached hydrogens (tertiary/aromatic N) is 2. The highest BCUT2D eigenvalue weighted by Crippen LogP contribution is 2.28. The van der Waals surface area contributed by atoms with Gasteiger partial charge >= 0.3 is 0 Å². The first kappa shape index (κ1) is 18.1. The third kappa shape index (κ3) is 4.24. The number of aromatic nitrogens is 2. The van der Waals surface area contributed by atoms with Gasteiger partial charge in [0.1, 0.15) is 5.60 Å². The Kier molecular flexibility index (Phi) is 6.75. The molecule has 1 heterocycles. The van der Waals surface area contributed by atoms with Crippen LogP contribution in [0.25, 0.3) is 0 Å². The van der Waals surface area contributed by atoms with Crippen molar-refractivity contribution in [1.82, 2.24) is 15.3 Å². The Morgan fingerprint density at radius 2 is 1.76 bits per heavy atom. The van der Waals surface area contributed by atoms with E-state index >= 15 is 0 Å². The van der Waals surface area contributed by atoms with Gasteiger partial charge in [-0.05, 0) is 51.6 Å². The van der Waals surface area contributed by atoms with Crippen LogP contribution < -0.4 is 5.32 Å². The topological polar surface area (TPSA) is 47.0 Å². The Labute approximate surface area is 129 Å². The molecule has 1 aromatic rings. The fraction of sp³-hybridized carbons (Fsp3) is 0.765. The number of hydrogen-bond donors (Lipinski definition) is 1. The number of rotatable bonds is 8. The minimum absolute atomic E-state index is 0.405. The fourth-order valence-electron chi connectivity index (χ4n) is 2.67. The zero-order valence-corrected chi connectivity index (χ0v) is 14.7. The van der Waals surface area contributed by atoms with Gasteiger partial charge in [0.25, 0.3) is 0 Å². The van der Waals surface area contributed by atoms with Crippen molar-refractivity contribution in [2.45, 2.75) is 65.9 Å². The SMILES string of the molecule is CCCNCC(C)c1c(C)nc(C(C)(CC)OC)nc1C. The summed E-state index contributed by atoms with van der Waals surface area (Å²) >= 11 is 0. The Morgan fingerprint density at radius 1 is 1.19 bits per heavy atom. The van der Waals surface area contributed by atoms with Gasteiger partial charge in [0.05, 0.1) is 0 Å². The van der Waals surface area contributed by atoms with Gasteiger partial charge in [0, 0.05) is 25.0 Å². The predicted molar refractivity (Wildman–Crippen MR) is 87.7 cm³/mol. The molecule has 1 N–H and O–H groups in total. The lowest BCUT2D eigenvalue weighted by Crippen LogP contribution is -2.28. The van der Waals surface area contributed by atoms with E-state index in [2.05, 4.69) is 39.9 Å². The molecule has 0 aromatic carbocycles. The predicted octanol–water partition coefficient (Wildman–Crippen LogP) is 3.47. The summed E-state index contributed by atoms with van der Waals surface area (Å²) in [6.07, 6.45) is 2.01. The molecule has 0 amide bonds. The lowest BCUT2D eigenvalue weighted by Gasteiger charge is -2.27. The molecule has 0 aliphatic carbocycles. The average Bonchev–Trinajstić information content (AvgIpc) is 2.45. The molecule has 2 atom stereocenters. The molecule has 4 heteroatoms. The number of ether oxygens (including phenoxy) is 1. The van der Waals surface area contributed by atoms with Crippen LogP contribution in [0.15, 0.2) is 0 Å². The van der Waals surface area contributed by atoms with Crippen molar-refractivity contribution in [1.29, 1.82) is 0 Å². The summed E-state index contributed by atoms with van der Waals surface area (Å²) < 4.78 is 5.63. The summed E-state index contributed by atoms with van der Waals surface area (Å²) in [6, 6.07) is 0. The van der Waals surface area contributed by atoms with Gasteiger partial charge in [-0.2, -0.15) is 0 Å². The molecule has 0 aliphatic heterocycles. The molecule has 2 unspecified atom stereocenters. The van der Waals surface area contributed by atoms with Gasteiger partial charge in [-0.3, -0.25) is 0 Å². The van der Waals surface area contributed by atoms with Crippen LogP contribution in [-0.4, -0.2) is 30.2 Å². The van der Waals surface area contributed by atoms with E-state index in [9.17, 15) is 0 Å². The Bertz CT molecular complexity index is 432. The van der Waals surface area contributed by atoms with Crippen LogP contribution in [0.5, 0.6) is 0 Å². The summed E-state index contributed by atoms with van der Waals surface area (Å²) in [4.78, 5) is 9.47. The maximum Gasteiger partial charge on any atom is 0.160 e. The van der Waals surface area contributed by atoms with E-state index < -0.39 is 5.60 Å². The summed E-state index contributed by atoms with van der Waals surface area (Å²) in [6.45, 7) is 14.7. The van der Waals surface area contributed by atoms with Crippen molar-refractivity contribution in [3.05, 3.63) is 22.8 Å². The standard InChI is InChI=1S/C17H31N3O/c1-8-10-18-11-12(3)15-13(4)19-16(20-14(15)5)17(6,9-2)21-7/h12,18H,8-11H2,1-7H3. The van der Waals surface area contributed by atoms with Gasteiger partial charge in [-0.15, -0.1) is 0 Å². The van der Waals surface area contributed by atoms with Crippen molar-refractivity contribution in [3.8, 4) is 0 Å². The van der Waals surface area contributed by atoms with E-state index in [1.807, 2.05) is 6.92 Å². The molecule has 4 nitrogen and oxygen atoms in total. The summed E-state index contributed by atoms with van der Waals surface area (Å²) in [5.74, 6) is 1.21. The van der Waals surface area contributed by atoms with Crippen molar-refractivity contribution in [3.63, 3.8) is 0 Å². The molecular weight excluding hydrogens is 262 g/mol. The highest BCUT2D eigenvalue weighted by Gasteiger charge is 2.29. The quantitative estimate of drug-likeness (QED) is 0.746. The van der Waals surface area contributed by atoms with Gasteiger partial charge < -0.3 is 10.1 Å². The molecular formula is C17H31N3O. The smallest absolute Gasteiger partial charge is 0.160 e. The third-order valence-corrected chi connectivity index (χ3v) is 4.30. The summed E-state index contributed by atoms with van der Waals surface area (Å²) in [5.41, 5.74) is 2.99. The van der Waals surface area contributed by atoms with Crippen molar-refractivity contribution >= 4 is 0 Å². The molecule has 0 fully saturated rings. The third-order valence-electron chi connectivity index (χ3n) is 4.30. The largest absolute Gasteiger partial charge is 0.371 e. The second-order valence-corrected chi connectivity index (χ2v) is 6.03. The van der Waals surface area contributed by atoms with Gasteiger partial charge in [-0.25, -0.2) is 9.97 Å². The van der Waals surface area contributed by atoms with Crippen molar-refractivity contribution in [2.24, 2.45) is 0 Å². The molecule has 0 aliphatic rings. The second-order valence-electron chi connectivity index (χ2n) is 6.03. The van der Waals surface area contributed by atoms with Gasteiger partial charge in [0.2, 0.25) is 0 Å². The van der Waals surface area contributed by atoms with E-state index in [4.69, 9.17) is 14.7 Å². The molecule has 0 spiro atoms.